The van der Waals surface area contributed by atoms with Gasteiger partial charge < -0.3 is 19.5 Å². The number of hydrogen-bond acceptors (Lipinski definition) is 5. The smallest absolute Gasteiger partial charge is 0.417 e. The van der Waals surface area contributed by atoms with Crippen molar-refractivity contribution in [3.8, 4) is 0 Å². The summed E-state index contributed by atoms with van der Waals surface area (Å²) in [5.74, 6) is -0.222. The number of hydrogen-bond donors (Lipinski definition) is 1. The second-order valence-corrected chi connectivity index (χ2v) is 6.84. The number of piperazine rings is 1. The molecule has 0 bridgehead atoms. The van der Waals surface area contributed by atoms with Crippen LogP contribution in [0, 0.1) is 0 Å². The maximum Gasteiger partial charge on any atom is 0.417 e. The third-order valence-corrected chi connectivity index (χ3v) is 4.65. The van der Waals surface area contributed by atoms with Crippen molar-refractivity contribution in [3.05, 3.63) is 46.5 Å². The average Bonchev–Trinajstić information content (AvgIpc) is 3.12. The molecular formula is C17H16BrF3N4O3. The summed E-state index contributed by atoms with van der Waals surface area (Å²) in [6.45, 7) is 1.45. The van der Waals surface area contributed by atoms with Crippen LogP contribution in [-0.4, -0.2) is 54.4 Å². The summed E-state index contributed by atoms with van der Waals surface area (Å²) >= 11 is 3.09. The van der Waals surface area contributed by atoms with Crippen molar-refractivity contribution in [2.45, 2.75) is 6.18 Å². The van der Waals surface area contributed by atoms with Crippen LogP contribution >= 0.6 is 15.9 Å². The Bertz CT molecular complexity index is 846. The highest BCUT2D eigenvalue weighted by Crippen LogP contribution is 2.29. The van der Waals surface area contributed by atoms with Gasteiger partial charge in [-0.05, 0) is 40.2 Å². The molecule has 0 aromatic carbocycles. The molecule has 2 amide bonds. The van der Waals surface area contributed by atoms with E-state index in [9.17, 15) is 22.8 Å². The molecule has 2 aromatic rings. The van der Waals surface area contributed by atoms with Crippen molar-refractivity contribution in [2.24, 2.45) is 0 Å². The van der Waals surface area contributed by atoms with E-state index in [1.165, 1.54) is 12.1 Å². The van der Waals surface area contributed by atoms with Crippen LogP contribution < -0.4 is 10.2 Å². The van der Waals surface area contributed by atoms with Gasteiger partial charge in [0.05, 0.1) is 12.1 Å². The van der Waals surface area contributed by atoms with E-state index in [-0.39, 0.29) is 18.2 Å². The lowest BCUT2D eigenvalue weighted by molar-refractivity contribution is -0.137. The lowest BCUT2D eigenvalue weighted by Crippen LogP contribution is -2.51. The van der Waals surface area contributed by atoms with Crippen molar-refractivity contribution in [2.75, 3.05) is 37.6 Å². The van der Waals surface area contributed by atoms with Crippen LogP contribution in [0.4, 0.5) is 19.0 Å². The zero-order valence-electron chi connectivity index (χ0n) is 14.5. The molecule has 0 radical (unpaired) electrons. The number of carbonyl (C=O) groups excluding carboxylic acids is 2. The molecule has 2 aromatic heterocycles. The van der Waals surface area contributed by atoms with Crippen molar-refractivity contribution < 1.29 is 27.2 Å². The fraction of sp³-hybridized carbons (Fsp3) is 0.353. The zero-order valence-corrected chi connectivity index (χ0v) is 16.1. The fourth-order valence-corrected chi connectivity index (χ4v) is 3.02. The van der Waals surface area contributed by atoms with Gasteiger partial charge in [0.1, 0.15) is 5.82 Å². The molecular weight excluding hydrogens is 445 g/mol. The molecule has 1 saturated heterocycles. The number of carbonyl (C=O) groups is 2. The Kier molecular flexibility index (Phi) is 5.92. The van der Waals surface area contributed by atoms with Crippen molar-refractivity contribution in [1.29, 1.82) is 0 Å². The number of halogens is 4. The van der Waals surface area contributed by atoms with Gasteiger partial charge in [-0.1, -0.05) is 0 Å². The number of anilines is 1. The van der Waals surface area contributed by atoms with Crippen LogP contribution in [-0.2, 0) is 11.0 Å². The predicted octanol–water partition coefficient (Wildman–Crippen LogP) is 2.53. The lowest BCUT2D eigenvalue weighted by atomic mass is 10.2. The molecule has 0 atom stereocenters. The molecule has 0 spiro atoms. The van der Waals surface area contributed by atoms with E-state index < -0.39 is 17.6 Å². The van der Waals surface area contributed by atoms with Crippen molar-refractivity contribution >= 4 is 33.6 Å². The standard InChI is InChI=1S/C17H16BrF3N4O3/c18-13-3-2-12(28-13)16(27)23-10-15(26)25-7-5-24(6-8-25)14-4-1-11(9-22-14)17(19,20)21/h1-4,9H,5-8,10H2,(H,23,27). The van der Waals surface area contributed by atoms with Gasteiger partial charge in [-0.3, -0.25) is 9.59 Å². The Morgan fingerprint density at radius 1 is 1.14 bits per heavy atom. The molecule has 1 N–H and O–H groups in total. The molecule has 3 rings (SSSR count). The molecule has 0 saturated carbocycles. The van der Waals surface area contributed by atoms with Crippen molar-refractivity contribution in [3.63, 3.8) is 0 Å². The third kappa shape index (κ3) is 4.83. The highest BCUT2D eigenvalue weighted by molar-refractivity contribution is 9.10. The summed E-state index contributed by atoms with van der Waals surface area (Å²) in [5.41, 5.74) is -0.801. The maximum absolute atomic E-state index is 12.6. The molecule has 1 aliphatic heterocycles. The number of rotatable bonds is 4. The van der Waals surface area contributed by atoms with E-state index in [2.05, 4.69) is 26.2 Å². The van der Waals surface area contributed by atoms with Gasteiger partial charge in [-0.2, -0.15) is 13.2 Å². The van der Waals surface area contributed by atoms with E-state index in [1.807, 2.05) is 4.90 Å². The molecule has 3 heterocycles. The highest BCUT2D eigenvalue weighted by Gasteiger charge is 2.31. The van der Waals surface area contributed by atoms with E-state index in [0.717, 1.165) is 12.3 Å². The first-order valence-electron chi connectivity index (χ1n) is 8.33. The van der Waals surface area contributed by atoms with Gasteiger partial charge in [0.15, 0.2) is 10.4 Å². The molecule has 11 heteroatoms. The van der Waals surface area contributed by atoms with E-state index in [0.29, 0.717) is 36.7 Å². The predicted molar refractivity (Wildman–Crippen MR) is 96.8 cm³/mol. The molecule has 0 unspecified atom stereocenters. The van der Waals surface area contributed by atoms with Crippen LogP contribution in [0.1, 0.15) is 16.1 Å². The normalized spacial score (nSPS) is 14.9. The Labute approximate surface area is 166 Å². The molecule has 1 aliphatic rings. The van der Waals surface area contributed by atoms with Gasteiger partial charge >= 0.3 is 6.18 Å². The van der Waals surface area contributed by atoms with Gasteiger partial charge in [-0.25, -0.2) is 4.98 Å². The number of nitrogens with zero attached hydrogens (tertiary/aromatic N) is 3. The van der Waals surface area contributed by atoms with Crippen LogP contribution in [0.2, 0.25) is 0 Å². The first-order chi connectivity index (χ1) is 13.2. The van der Waals surface area contributed by atoms with E-state index in [4.69, 9.17) is 4.42 Å². The molecule has 150 valence electrons. The molecule has 0 aliphatic carbocycles. The van der Waals surface area contributed by atoms with E-state index >= 15 is 0 Å². The second kappa shape index (κ2) is 8.21. The second-order valence-electron chi connectivity index (χ2n) is 6.06. The number of amides is 2. The maximum atomic E-state index is 12.6. The zero-order chi connectivity index (χ0) is 20.3. The Balaban J connectivity index is 1.48. The number of nitrogens with one attached hydrogen (secondary N) is 1. The van der Waals surface area contributed by atoms with Crippen LogP contribution in [0.3, 0.4) is 0 Å². The number of furan rings is 1. The molecule has 28 heavy (non-hydrogen) atoms. The summed E-state index contributed by atoms with van der Waals surface area (Å²) < 4.78 is 43.3. The summed E-state index contributed by atoms with van der Waals surface area (Å²) in [7, 11) is 0. The van der Waals surface area contributed by atoms with Crippen molar-refractivity contribution in [1.82, 2.24) is 15.2 Å². The third-order valence-electron chi connectivity index (χ3n) is 4.23. The topological polar surface area (TPSA) is 78.7 Å². The minimum absolute atomic E-state index is 0.0953. The Morgan fingerprint density at radius 2 is 1.86 bits per heavy atom. The molecule has 1 fully saturated rings. The minimum atomic E-state index is -4.42. The van der Waals surface area contributed by atoms with Crippen LogP contribution in [0.15, 0.2) is 39.5 Å². The van der Waals surface area contributed by atoms with Gasteiger partial charge in [-0.15, -0.1) is 0 Å². The quantitative estimate of drug-likeness (QED) is 0.758. The largest absolute Gasteiger partial charge is 0.444 e. The monoisotopic (exact) mass is 460 g/mol. The SMILES string of the molecule is O=C(NCC(=O)N1CCN(c2ccc(C(F)(F)F)cn2)CC1)c1ccc(Br)o1. The molecule has 7 nitrogen and oxygen atoms in total. The number of aromatic nitrogens is 1. The first kappa shape index (κ1) is 20.2. The van der Waals surface area contributed by atoms with Crippen LogP contribution in [0.25, 0.3) is 0 Å². The Hall–Kier alpha value is -2.56. The van der Waals surface area contributed by atoms with Gasteiger partial charge in [0.2, 0.25) is 5.91 Å². The van der Waals surface area contributed by atoms with E-state index in [1.54, 1.807) is 11.0 Å². The lowest BCUT2D eigenvalue weighted by Gasteiger charge is -2.35. The van der Waals surface area contributed by atoms with Gasteiger partial charge in [0.25, 0.3) is 5.91 Å². The highest BCUT2D eigenvalue weighted by atomic mass is 79.9. The minimum Gasteiger partial charge on any atom is -0.444 e. The average molecular weight is 461 g/mol. The van der Waals surface area contributed by atoms with Crippen LogP contribution in [0.5, 0.6) is 0 Å². The summed E-state index contributed by atoms with van der Waals surface area (Å²) in [5, 5.41) is 2.50. The number of pyridine rings is 1. The Morgan fingerprint density at radius 3 is 2.39 bits per heavy atom. The van der Waals surface area contributed by atoms with Gasteiger partial charge in [0, 0.05) is 32.4 Å². The number of alkyl halides is 3. The first-order valence-corrected chi connectivity index (χ1v) is 9.13. The fourth-order valence-electron chi connectivity index (χ4n) is 2.72. The summed E-state index contributed by atoms with van der Waals surface area (Å²) in [4.78, 5) is 31.4. The summed E-state index contributed by atoms with van der Waals surface area (Å²) in [6.07, 6.45) is -3.62. The summed E-state index contributed by atoms with van der Waals surface area (Å²) in [6, 6.07) is 5.37.